The first-order valence-electron chi connectivity index (χ1n) is 6.37. The second kappa shape index (κ2) is 5.79. The van der Waals surface area contributed by atoms with Gasteiger partial charge in [0.1, 0.15) is 5.82 Å². The predicted octanol–water partition coefficient (Wildman–Crippen LogP) is 3.16. The van der Waals surface area contributed by atoms with Crippen LogP contribution in [0.5, 0.6) is 0 Å². The van der Waals surface area contributed by atoms with Crippen molar-refractivity contribution in [3.8, 4) is 0 Å². The van der Waals surface area contributed by atoms with Gasteiger partial charge < -0.3 is 10.4 Å². The van der Waals surface area contributed by atoms with Crippen LogP contribution in [0.25, 0.3) is 0 Å². The SMILES string of the molecule is CC1C[C@H](C(=O)Nc2ccc(F)c(Cl)c2)[C@H](C(=O)O)C1. The van der Waals surface area contributed by atoms with Crippen LogP contribution >= 0.6 is 11.6 Å². The van der Waals surface area contributed by atoms with Crippen LogP contribution in [0.1, 0.15) is 19.8 Å². The highest BCUT2D eigenvalue weighted by Gasteiger charge is 2.41. The van der Waals surface area contributed by atoms with Crippen LogP contribution in [-0.2, 0) is 9.59 Å². The molecule has 1 unspecified atom stereocenters. The van der Waals surface area contributed by atoms with Gasteiger partial charge in [-0.15, -0.1) is 0 Å². The highest BCUT2D eigenvalue weighted by Crippen LogP contribution is 2.37. The Kier molecular flexibility index (Phi) is 4.28. The van der Waals surface area contributed by atoms with Crippen molar-refractivity contribution in [1.82, 2.24) is 0 Å². The fourth-order valence-corrected chi connectivity index (χ4v) is 2.84. The van der Waals surface area contributed by atoms with E-state index < -0.39 is 23.6 Å². The number of carboxylic acids is 1. The third-order valence-corrected chi connectivity index (χ3v) is 3.93. The van der Waals surface area contributed by atoms with Gasteiger partial charge in [0, 0.05) is 5.69 Å². The average molecular weight is 300 g/mol. The van der Waals surface area contributed by atoms with Gasteiger partial charge in [-0.05, 0) is 37.0 Å². The van der Waals surface area contributed by atoms with E-state index in [0.29, 0.717) is 18.5 Å². The molecule has 2 N–H and O–H groups in total. The molecule has 1 saturated carbocycles. The van der Waals surface area contributed by atoms with Gasteiger partial charge in [0.2, 0.25) is 5.91 Å². The van der Waals surface area contributed by atoms with Gasteiger partial charge in [0.05, 0.1) is 16.9 Å². The highest BCUT2D eigenvalue weighted by molar-refractivity contribution is 6.31. The molecular weight excluding hydrogens is 285 g/mol. The zero-order valence-corrected chi connectivity index (χ0v) is 11.7. The van der Waals surface area contributed by atoms with Gasteiger partial charge >= 0.3 is 5.97 Å². The molecule has 20 heavy (non-hydrogen) atoms. The molecule has 3 atom stereocenters. The summed E-state index contributed by atoms with van der Waals surface area (Å²) >= 11 is 5.64. The number of carbonyl (C=O) groups excluding carboxylic acids is 1. The fourth-order valence-electron chi connectivity index (χ4n) is 2.66. The van der Waals surface area contributed by atoms with E-state index in [0.717, 1.165) is 6.07 Å². The summed E-state index contributed by atoms with van der Waals surface area (Å²) in [5.74, 6) is -2.91. The van der Waals surface area contributed by atoms with E-state index in [1.165, 1.54) is 12.1 Å². The van der Waals surface area contributed by atoms with Gasteiger partial charge in [0.25, 0.3) is 0 Å². The zero-order valence-electron chi connectivity index (χ0n) is 10.9. The lowest BCUT2D eigenvalue weighted by atomic mass is 9.95. The summed E-state index contributed by atoms with van der Waals surface area (Å²) < 4.78 is 13.0. The zero-order chi connectivity index (χ0) is 14.9. The van der Waals surface area contributed by atoms with Crippen LogP contribution < -0.4 is 5.32 Å². The number of amides is 1. The maximum atomic E-state index is 13.0. The van der Waals surface area contributed by atoms with Crippen LogP contribution in [0.3, 0.4) is 0 Å². The number of anilines is 1. The summed E-state index contributed by atoms with van der Waals surface area (Å²) in [6.07, 6.45) is 1.04. The Morgan fingerprint density at radius 3 is 2.60 bits per heavy atom. The molecule has 6 heteroatoms. The van der Waals surface area contributed by atoms with E-state index >= 15 is 0 Å². The van der Waals surface area contributed by atoms with E-state index in [2.05, 4.69) is 5.32 Å². The van der Waals surface area contributed by atoms with Crippen LogP contribution in [-0.4, -0.2) is 17.0 Å². The topological polar surface area (TPSA) is 66.4 Å². The molecular formula is C14H15ClFNO3. The quantitative estimate of drug-likeness (QED) is 0.901. The number of hydrogen-bond donors (Lipinski definition) is 2. The number of aliphatic carboxylic acids is 1. The number of halogens is 2. The van der Waals surface area contributed by atoms with Crippen LogP contribution in [0.15, 0.2) is 18.2 Å². The van der Waals surface area contributed by atoms with Crippen LogP contribution in [0.4, 0.5) is 10.1 Å². The molecule has 1 fully saturated rings. The largest absolute Gasteiger partial charge is 0.481 e. The summed E-state index contributed by atoms with van der Waals surface area (Å²) in [4.78, 5) is 23.3. The number of rotatable bonds is 3. The van der Waals surface area contributed by atoms with Crippen molar-refractivity contribution in [3.63, 3.8) is 0 Å². The summed E-state index contributed by atoms with van der Waals surface area (Å²) in [6.45, 7) is 1.93. The Bertz CT molecular complexity index is 549. The molecule has 4 nitrogen and oxygen atoms in total. The van der Waals surface area contributed by atoms with Gasteiger partial charge in [-0.25, -0.2) is 4.39 Å². The van der Waals surface area contributed by atoms with Crippen molar-refractivity contribution in [2.75, 3.05) is 5.32 Å². The normalized spacial score (nSPS) is 25.4. The minimum atomic E-state index is -0.952. The molecule has 0 aromatic heterocycles. The Morgan fingerprint density at radius 1 is 1.35 bits per heavy atom. The molecule has 1 amide bonds. The lowest BCUT2D eigenvalue weighted by Gasteiger charge is -2.15. The van der Waals surface area contributed by atoms with Crippen LogP contribution in [0.2, 0.25) is 5.02 Å². The fraction of sp³-hybridized carbons (Fsp3) is 0.429. The minimum Gasteiger partial charge on any atom is -0.481 e. The molecule has 0 spiro atoms. The number of benzene rings is 1. The number of carbonyl (C=O) groups is 2. The third kappa shape index (κ3) is 3.10. The van der Waals surface area contributed by atoms with E-state index in [1.54, 1.807) is 0 Å². The smallest absolute Gasteiger partial charge is 0.307 e. The molecule has 0 heterocycles. The predicted molar refractivity (Wildman–Crippen MR) is 73.1 cm³/mol. The molecule has 1 aromatic rings. The first-order chi connectivity index (χ1) is 9.38. The Balaban J connectivity index is 2.11. The van der Waals surface area contributed by atoms with Crippen molar-refractivity contribution >= 4 is 29.2 Å². The van der Waals surface area contributed by atoms with Gasteiger partial charge in [0.15, 0.2) is 0 Å². The van der Waals surface area contributed by atoms with Crippen LogP contribution in [0, 0.1) is 23.6 Å². The Labute approximate surface area is 120 Å². The molecule has 1 aliphatic carbocycles. The molecule has 1 aliphatic rings. The maximum Gasteiger partial charge on any atom is 0.307 e. The molecule has 0 radical (unpaired) electrons. The summed E-state index contributed by atoms with van der Waals surface area (Å²) in [7, 11) is 0. The lowest BCUT2D eigenvalue weighted by molar-refractivity contribution is -0.145. The summed E-state index contributed by atoms with van der Waals surface area (Å²) in [5.41, 5.74) is 0.366. The second-order valence-corrected chi connectivity index (χ2v) is 5.65. The number of hydrogen-bond acceptors (Lipinski definition) is 2. The lowest BCUT2D eigenvalue weighted by Crippen LogP contribution is -2.30. The van der Waals surface area contributed by atoms with Crippen molar-refractivity contribution < 1.29 is 19.1 Å². The highest BCUT2D eigenvalue weighted by atomic mass is 35.5. The number of nitrogens with one attached hydrogen (secondary N) is 1. The standard InChI is InChI=1S/C14H15ClFNO3/c1-7-4-9(10(5-7)14(19)20)13(18)17-8-2-3-12(16)11(15)6-8/h2-3,6-7,9-10H,4-5H2,1H3,(H,17,18)(H,19,20)/t7?,9-,10+/m0/s1. The van der Waals surface area contributed by atoms with Crippen molar-refractivity contribution in [1.29, 1.82) is 0 Å². The molecule has 0 aliphatic heterocycles. The van der Waals surface area contributed by atoms with Gasteiger partial charge in [-0.2, -0.15) is 0 Å². The molecule has 1 aromatic carbocycles. The average Bonchev–Trinajstić information content (AvgIpc) is 2.76. The first kappa shape index (κ1) is 14.8. The van der Waals surface area contributed by atoms with Crippen molar-refractivity contribution in [2.45, 2.75) is 19.8 Å². The second-order valence-electron chi connectivity index (χ2n) is 5.25. The van der Waals surface area contributed by atoms with Gasteiger partial charge in [-0.1, -0.05) is 18.5 Å². The third-order valence-electron chi connectivity index (χ3n) is 3.64. The van der Waals surface area contributed by atoms with E-state index in [-0.39, 0.29) is 16.8 Å². The molecule has 2 rings (SSSR count). The molecule has 0 saturated heterocycles. The number of carboxylic acid groups (broad SMARTS) is 1. The summed E-state index contributed by atoms with van der Waals surface area (Å²) in [6, 6.07) is 3.86. The van der Waals surface area contributed by atoms with Gasteiger partial charge in [-0.3, -0.25) is 9.59 Å². The Morgan fingerprint density at radius 2 is 2.00 bits per heavy atom. The van der Waals surface area contributed by atoms with Crippen molar-refractivity contribution in [3.05, 3.63) is 29.0 Å². The molecule has 108 valence electrons. The van der Waals surface area contributed by atoms with E-state index in [4.69, 9.17) is 16.7 Å². The van der Waals surface area contributed by atoms with Crippen molar-refractivity contribution in [2.24, 2.45) is 17.8 Å². The minimum absolute atomic E-state index is 0.0858. The van der Waals surface area contributed by atoms with E-state index in [9.17, 15) is 14.0 Å². The maximum absolute atomic E-state index is 13.0. The Hall–Kier alpha value is -1.62. The molecule has 0 bridgehead atoms. The summed E-state index contributed by atoms with van der Waals surface area (Å²) in [5, 5.41) is 11.7. The monoisotopic (exact) mass is 299 g/mol. The first-order valence-corrected chi connectivity index (χ1v) is 6.75. The van der Waals surface area contributed by atoms with E-state index in [1.807, 2.05) is 6.92 Å².